The smallest absolute Gasteiger partial charge is 0.223 e. The van der Waals surface area contributed by atoms with Gasteiger partial charge in [-0.25, -0.2) is 0 Å². The molecule has 1 atom stereocenters. The summed E-state index contributed by atoms with van der Waals surface area (Å²) in [6, 6.07) is 0. The molecule has 0 spiro atoms. The summed E-state index contributed by atoms with van der Waals surface area (Å²) in [5.74, 6) is 0.406. The zero-order valence-electron chi connectivity index (χ0n) is 10.9. The normalized spacial score (nSPS) is 19.2. The van der Waals surface area contributed by atoms with Gasteiger partial charge in [-0.15, -0.1) is 0 Å². The van der Waals surface area contributed by atoms with Gasteiger partial charge in [-0.2, -0.15) is 0 Å². The number of carbonyl (C=O) groups is 1. The molecule has 1 aliphatic rings. The summed E-state index contributed by atoms with van der Waals surface area (Å²) in [5, 5.41) is 2.99. The molecule has 0 heterocycles. The van der Waals surface area contributed by atoms with Crippen LogP contribution in [0.3, 0.4) is 0 Å². The fourth-order valence-electron chi connectivity index (χ4n) is 1.91. The highest BCUT2D eigenvalue weighted by Crippen LogP contribution is 2.17. The molecule has 0 saturated heterocycles. The van der Waals surface area contributed by atoms with Gasteiger partial charge in [-0.3, -0.25) is 4.79 Å². The van der Waals surface area contributed by atoms with Crippen molar-refractivity contribution in [2.45, 2.75) is 45.4 Å². The predicted octanol–water partition coefficient (Wildman–Crippen LogP) is 2.67. The molecule has 3 nitrogen and oxygen atoms in total. The fraction of sp³-hybridized carbons (Fsp3) is 0.786. The number of nitrogens with one attached hydrogen (secondary N) is 1. The Balaban J connectivity index is 1.95. The first-order valence-electron chi connectivity index (χ1n) is 6.85. The van der Waals surface area contributed by atoms with Crippen LogP contribution in [0.25, 0.3) is 0 Å². The highest BCUT2D eigenvalue weighted by Gasteiger charge is 2.17. The Morgan fingerprint density at radius 3 is 2.88 bits per heavy atom. The summed E-state index contributed by atoms with van der Waals surface area (Å²) in [5.41, 5.74) is 0. The third kappa shape index (κ3) is 6.47. The van der Waals surface area contributed by atoms with Crippen molar-refractivity contribution in [1.29, 1.82) is 0 Å². The molecule has 0 saturated carbocycles. The summed E-state index contributed by atoms with van der Waals surface area (Å²) >= 11 is 0. The van der Waals surface area contributed by atoms with Crippen molar-refractivity contribution in [2.75, 3.05) is 19.8 Å². The summed E-state index contributed by atoms with van der Waals surface area (Å²) in [7, 11) is 0. The van der Waals surface area contributed by atoms with Gasteiger partial charge in [-0.1, -0.05) is 25.5 Å². The molecule has 1 unspecified atom stereocenters. The lowest BCUT2D eigenvalue weighted by Crippen LogP contribution is -2.32. The highest BCUT2D eigenvalue weighted by atomic mass is 16.5. The maximum absolute atomic E-state index is 11.7. The number of allylic oxidation sites excluding steroid dienone is 2. The maximum Gasteiger partial charge on any atom is 0.223 e. The van der Waals surface area contributed by atoms with E-state index in [0.717, 1.165) is 51.9 Å². The van der Waals surface area contributed by atoms with Crippen LogP contribution in [0.5, 0.6) is 0 Å². The third-order valence-corrected chi connectivity index (χ3v) is 3.05. The minimum atomic E-state index is 0.195. The summed E-state index contributed by atoms with van der Waals surface area (Å²) in [4.78, 5) is 11.7. The van der Waals surface area contributed by atoms with E-state index >= 15 is 0 Å². The standard InChI is InChI=1S/C14H25NO2/c1-2-3-11-17-12-7-10-15-14(16)13-8-5-4-6-9-13/h4-5,13H,2-3,6-12H2,1H3,(H,15,16). The molecule has 1 amide bonds. The predicted molar refractivity (Wildman–Crippen MR) is 69.8 cm³/mol. The highest BCUT2D eigenvalue weighted by molar-refractivity contribution is 5.78. The maximum atomic E-state index is 11.7. The monoisotopic (exact) mass is 239 g/mol. The topological polar surface area (TPSA) is 38.3 Å². The molecular weight excluding hydrogens is 214 g/mol. The molecule has 3 heteroatoms. The SMILES string of the molecule is CCCCOCCCNC(=O)C1CC=CCC1. The Labute approximate surface area is 105 Å². The number of carbonyl (C=O) groups excluding carboxylic acids is 1. The van der Waals surface area contributed by atoms with E-state index in [4.69, 9.17) is 4.74 Å². The van der Waals surface area contributed by atoms with E-state index in [9.17, 15) is 4.79 Å². The van der Waals surface area contributed by atoms with E-state index in [0.29, 0.717) is 0 Å². The largest absolute Gasteiger partial charge is 0.381 e. The van der Waals surface area contributed by atoms with Gasteiger partial charge < -0.3 is 10.1 Å². The number of rotatable bonds is 8. The fourth-order valence-corrected chi connectivity index (χ4v) is 1.91. The average molecular weight is 239 g/mol. The van der Waals surface area contributed by atoms with Gasteiger partial charge in [-0.05, 0) is 32.1 Å². The van der Waals surface area contributed by atoms with Crippen molar-refractivity contribution < 1.29 is 9.53 Å². The van der Waals surface area contributed by atoms with Gasteiger partial charge in [0.05, 0.1) is 0 Å². The molecule has 98 valence electrons. The summed E-state index contributed by atoms with van der Waals surface area (Å²) < 4.78 is 5.44. The van der Waals surface area contributed by atoms with E-state index < -0.39 is 0 Å². The van der Waals surface area contributed by atoms with Crippen molar-refractivity contribution in [3.8, 4) is 0 Å². The lowest BCUT2D eigenvalue weighted by atomic mass is 9.94. The zero-order chi connectivity index (χ0) is 12.3. The lowest BCUT2D eigenvalue weighted by molar-refractivity contribution is -0.125. The molecule has 0 fully saturated rings. The van der Waals surface area contributed by atoms with Crippen molar-refractivity contribution in [3.05, 3.63) is 12.2 Å². The summed E-state index contributed by atoms with van der Waals surface area (Å²) in [6.07, 6.45) is 10.4. The molecule has 0 aromatic heterocycles. The van der Waals surface area contributed by atoms with Crippen LogP contribution < -0.4 is 5.32 Å². The second-order valence-electron chi connectivity index (χ2n) is 4.59. The van der Waals surface area contributed by atoms with Crippen molar-refractivity contribution in [1.82, 2.24) is 5.32 Å². The van der Waals surface area contributed by atoms with Gasteiger partial charge in [0.2, 0.25) is 5.91 Å². The van der Waals surface area contributed by atoms with Crippen LogP contribution >= 0.6 is 0 Å². The van der Waals surface area contributed by atoms with Gasteiger partial charge in [0.25, 0.3) is 0 Å². The Bertz CT molecular complexity index is 238. The Morgan fingerprint density at radius 2 is 2.18 bits per heavy atom. The average Bonchev–Trinajstić information content (AvgIpc) is 2.38. The number of ether oxygens (including phenoxy) is 1. The van der Waals surface area contributed by atoms with Crippen molar-refractivity contribution in [2.24, 2.45) is 5.92 Å². The number of amides is 1. The van der Waals surface area contributed by atoms with Crippen LogP contribution in [0.1, 0.15) is 45.4 Å². The van der Waals surface area contributed by atoms with Crippen LogP contribution in [0.4, 0.5) is 0 Å². The zero-order valence-corrected chi connectivity index (χ0v) is 10.9. The Hall–Kier alpha value is -0.830. The molecule has 1 aliphatic carbocycles. The van der Waals surface area contributed by atoms with Crippen LogP contribution in [-0.4, -0.2) is 25.7 Å². The first-order chi connectivity index (χ1) is 8.34. The number of hydrogen-bond acceptors (Lipinski definition) is 2. The lowest BCUT2D eigenvalue weighted by Gasteiger charge is -2.17. The van der Waals surface area contributed by atoms with E-state index in [1.54, 1.807) is 0 Å². The Kier molecular flexibility index (Phi) is 7.72. The number of hydrogen-bond donors (Lipinski definition) is 1. The molecule has 1 N–H and O–H groups in total. The molecule has 0 aromatic rings. The number of unbranched alkanes of at least 4 members (excludes halogenated alkanes) is 1. The van der Waals surface area contributed by atoms with Crippen LogP contribution in [0.2, 0.25) is 0 Å². The molecule has 0 radical (unpaired) electrons. The van der Waals surface area contributed by atoms with E-state index in [-0.39, 0.29) is 11.8 Å². The summed E-state index contributed by atoms with van der Waals surface area (Å²) in [6.45, 7) is 4.50. The quantitative estimate of drug-likeness (QED) is 0.522. The first kappa shape index (κ1) is 14.2. The molecule has 0 aliphatic heterocycles. The van der Waals surface area contributed by atoms with Crippen molar-refractivity contribution >= 4 is 5.91 Å². The van der Waals surface area contributed by atoms with Gasteiger partial charge in [0.15, 0.2) is 0 Å². The minimum Gasteiger partial charge on any atom is -0.381 e. The second-order valence-corrected chi connectivity index (χ2v) is 4.59. The molecule has 17 heavy (non-hydrogen) atoms. The van der Waals surface area contributed by atoms with Crippen LogP contribution in [0.15, 0.2) is 12.2 Å². The minimum absolute atomic E-state index is 0.195. The molecule has 1 rings (SSSR count). The van der Waals surface area contributed by atoms with Gasteiger partial charge >= 0.3 is 0 Å². The van der Waals surface area contributed by atoms with Gasteiger partial charge in [0, 0.05) is 25.7 Å². The molecular formula is C14H25NO2. The van der Waals surface area contributed by atoms with Crippen LogP contribution in [0, 0.1) is 5.92 Å². The second kappa shape index (κ2) is 9.23. The van der Waals surface area contributed by atoms with Crippen molar-refractivity contribution in [3.63, 3.8) is 0 Å². The molecule has 0 aromatic carbocycles. The third-order valence-electron chi connectivity index (χ3n) is 3.05. The first-order valence-corrected chi connectivity index (χ1v) is 6.85. The Morgan fingerprint density at radius 1 is 1.35 bits per heavy atom. The van der Waals surface area contributed by atoms with E-state index in [2.05, 4.69) is 24.4 Å². The van der Waals surface area contributed by atoms with Crippen LogP contribution in [-0.2, 0) is 9.53 Å². The van der Waals surface area contributed by atoms with E-state index in [1.807, 2.05) is 0 Å². The molecule has 0 bridgehead atoms. The van der Waals surface area contributed by atoms with Gasteiger partial charge in [0.1, 0.15) is 0 Å². The van der Waals surface area contributed by atoms with E-state index in [1.165, 1.54) is 6.42 Å².